The highest BCUT2D eigenvalue weighted by molar-refractivity contribution is 5.89. The molecule has 0 unspecified atom stereocenters. The maximum atomic E-state index is 11.6. The van der Waals surface area contributed by atoms with E-state index in [1.807, 2.05) is 0 Å². The third-order valence-corrected chi connectivity index (χ3v) is 2.24. The van der Waals surface area contributed by atoms with E-state index in [2.05, 4.69) is 0 Å². The first-order valence-corrected chi connectivity index (χ1v) is 5.89. The Morgan fingerprint density at radius 1 is 1.00 bits per heavy atom. The van der Waals surface area contributed by atoms with Gasteiger partial charge in [0.05, 0.1) is 18.8 Å². The molecule has 0 saturated heterocycles. The minimum absolute atomic E-state index is 0.0470. The van der Waals surface area contributed by atoms with Crippen LogP contribution in [0, 0.1) is 0 Å². The largest absolute Gasteiger partial charge is 0.491 e. The standard InChI is InChI=1S/C13H18O5/c14-7-1-2-9-18-13(16)11-3-5-12(6-4-11)17-10-8-15/h3-6,14-15H,1-2,7-10H2. The Hall–Kier alpha value is -1.59. The second-order valence-corrected chi connectivity index (χ2v) is 3.66. The van der Waals surface area contributed by atoms with Crippen LogP contribution in [0.1, 0.15) is 23.2 Å². The monoisotopic (exact) mass is 254 g/mol. The van der Waals surface area contributed by atoms with Gasteiger partial charge in [0.15, 0.2) is 0 Å². The summed E-state index contributed by atoms with van der Waals surface area (Å²) in [5.74, 6) is 0.211. The number of unbranched alkanes of at least 4 members (excludes halogenated alkanes) is 1. The second-order valence-electron chi connectivity index (χ2n) is 3.66. The number of carbonyl (C=O) groups excluding carboxylic acids is 1. The van der Waals surface area contributed by atoms with Gasteiger partial charge in [-0.1, -0.05) is 0 Å². The van der Waals surface area contributed by atoms with E-state index in [0.717, 1.165) is 0 Å². The van der Waals surface area contributed by atoms with Gasteiger partial charge in [0.25, 0.3) is 0 Å². The summed E-state index contributed by atoms with van der Waals surface area (Å²) in [5.41, 5.74) is 0.454. The zero-order chi connectivity index (χ0) is 13.2. The zero-order valence-electron chi connectivity index (χ0n) is 10.2. The van der Waals surface area contributed by atoms with Crippen LogP contribution in [0.25, 0.3) is 0 Å². The Morgan fingerprint density at radius 2 is 1.72 bits per heavy atom. The predicted octanol–water partition coefficient (Wildman–Crippen LogP) is 0.987. The van der Waals surface area contributed by atoms with Crippen molar-refractivity contribution in [1.82, 2.24) is 0 Å². The normalized spacial score (nSPS) is 10.1. The number of ether oxygens (including phenoxy) is 2. The van der Waals surface area contributed by atoms with Crippen LogP contribution in [0.5, 0.6) is 5.75 Å². The lowest BCUT2D eigenvalue weighted by molar-refractivity contribution is 0.0492. The number of benzene rings is 1. The Balaban J connectivity index is 2.38. The van der Waals surface area contributed by atoms with Gasteiger partial charge in [-0.2, -0.15) is 0 Å². The van der Waals surface area contributed by atoms with Crippen molar-refractivity contribution >= 4 is 5.97 Å². The van der Waals surface area contributed by atoms with Gasteiger partial charge in [-0.15, -0.1) is 0 Å². The minimum Gasteiger partial charge on any atom is -0.491 e. The highest BCUT2D eigenvalue weighted by Crippen LogP contribution is 2.12. The Labute approximate surface area is 106 Å². The Bertz CT molecular complexity index is 347. The first-order valence-electron chi connectivity index (χ1n) is 5.89. The van der Waals surface area contributed by atoms with Gasteiger partial charge in [-0.3, -0.25) is 0 Å². The molecule has 0 radical (unpaired) electrons. The maximum absolute atomic E-state index is 11.6. The van der Waals surface area contributed by atoms with Crippen molar-refractivity contribution in [2.24, 2.45) is 0 Å². The minimum atomic E-state index is -0.387. The van der Waals surface area contributed by atoms with Gasteiger partial charge in [-0.05, 0) is 37.1 Å². The van der Waals surface area contributed by atoms with E-state index in [1.165, 1.54) is 0 Å². The molecule has 2 N–H and O–H groups in total. The van der Waals surface area contributed by atoms with Crippen LogP contribution in [-0.4, -0.2) is 42.6 Å². The van der Waals surface area contributed by atoms with E-state index in [9.17, 15) is 4.79 Å². The fraction of sp³-hybridized carbons (Fsp3) is 0.462. The van der Waals surface area contributed by atoms with Crippen LogP contribution >= 0.6 is 0 Å². The molecule has 1 rings (SSSR count). The molecule has 0 aliphatic carbocycles. The Kier molecular flexibility index (Phi) is 6.83. The number of aliphatic hydroxyl groups excluding tert-OH is 2. The molecule has 1 aromatic carbocycles. The van der Waals surface area contributed by atoms with E-state index in [0.29, 0.717) is 30.8 Å². The van der Waals surface area contributed by atoms with Crippen molar-refractivity contribution < 1.29 is 24.5 Å². The van der Waals surface area contributed by atoms with Gasteiger partial charge in [0.1, 0.15) is 12.4 Å². The van der Waals surface area contributed by atoms with E-state index < -0.39 is 0 Å². The summed E-state index contributed by atoms with van der Waals surface area (Å²) in [4.78, 5) is 11.6. The molecule has 0 aliphatic rings. The van der Waals surface area contributed by atoms with Crippen LogP contribution in [0.2, 0.25) is 0 Å². The highest BCUT2D eigenvalue weighted by atomic mass is 16.5. The number of rotatable bonds is 8. The number of esters is 1. The van der Waals surface area contributed by atoms with Crippen LogP contribution < -0.4 is 4.74 Å². The summed E-state index contributed by atoms with van der Waals surface area (Å²) in [6, 6.07) is 6.53. The van der Waals surface area contributed by atoms with Crippen LogP contribution in [-0.2, 0) is 4.74 Å². The lowest BCUT2D eigenvalue weighted by Crippen LogP contribution is -2.07. The van der Waals surface area contributed by atoms with Gasteiger partial charge in [0, 0.05) is 6.61 Å². The van der Waals surface area contributed by atoms with Crippen molar-refractivity contribution in [3.63, 3.8) is 0 Å². The lowest BCUT2D eigenvalue weighted by atomic mass is 10.2. The van der Waals surface area contributed by atoms with Gasteiger partial charge >= 0.3 is 5.97 Å². The molecule has 0 amide bonds. The number of carbonyl (C=O) groups is 1. The van der Waals surface area contributed by atoms with E-state index >= 15 is 0 Å². The van der Waals surface area contributed by atoms with Gasteiger partial charge in [0.2, 0.25) is 0 Å². The molecule has 100 valence electrons. The number of hydrogen-bond donors (Lipinski definition) is 2. The fourth-order valence-corrected chi connectivity index (χ4v) is 1.31. The van der Waals surface area contributed by atoms with E-state index in [-0.39, 0.29) is 25.8 Å². The SMILES string of the molecule is O=C(OCCCCO)c1ccc(OCCO)cc1. The van der Waals surface area contributed by atoms with E-state index in [4.69, 9.17) is 19.7 Å². The molecular formula is C13H18O5. The molecule has 0 bridgehead atoms. The third-order valence-electron chi connectivity index (χ3n) is 2.24. The summed E-state index contributed by atoms with van der Waals surface area (Å²) in [6.07, 6.45) is 1.28. The summed E-state index contributed by atoms with van der Waals surface area (Å²) in [6.45, 7) is 0.593. The molecule has 0 spiro atoms. The smallest absolute Gasteiger partial charge is 0.338 e. The first-order chi connectivity index (χ1) is 8.77. The molecule has 0 heterocycles. The number of hydrogen-bond acceptors (Lipinski definition) is 5. The molecule has 5 nitrogen and oxygen atoms in total. The molecule has 0 fully saturated rings. The summed E-state index contributed by atoms with van der Waals surface area (Å²) >= 11 is 0. The highest BCUT2D eigenvalue weighted by Gasteiger charge is 2.06. The summed E-state index contributed by atoms with van der Waals surface area (Å²) in [5, 5.41) is 17.2. The fourth-order valence-electron chi connectivity index (χ4n) is 1.31. The van der Waals surface area contributed by atoms with E-state index in [1.54, 1.807) is 24.3 Å². The number of aliphatic hydroxyl groups is 2. The van der Waals surface area contributed by atoms with Crippen LogP contribution in [0.15, 0.2) is 24.3 Å². The predicted molar refractivity (Wildman–Crippen MR) is 65.6 cm³/mol. The van der Waals surface area contributed by atoms with Crippen molar-refractivity contribution in [1.29, 1.82) is 0 Å². The van der Waals surface area contributed by atoms with Gasteiger partial charge < -0.3 is 19.7 Å². The molecule has 1 aromatic rings. The molecule has 18 heavy (non-hydrogen) atoms. The maximum Gasteiger partial charge on any atom is 0.338 e. The van der Waals surface area contributed by atoms with Crippen molar-refractivity contribution in [2.75, 3.05) is 26.4 Å². The molecule has 0 aliphatic heterocycles. The average Bonchev–Trinajstić information content (AvgIpc) is 2.41. The molecule has 5 heteroatoms. The lowest BCUT2D eigenvalue weighted by Gasteiger charge is -2.06. The van der Waals surface area contributed by atoms with Gasteiger partial charge in [-0.25, -0.2) is 4.79 Å². The zero-order valence-corrected chi connectivity index (χ0v) is 10.2. The quantitative estimate of drug-likeness (QED) is 0.534. The Morgan fingerprint density at radius 3 is 2.33 bits per heavy atom. The topological polar surface area (TPSA) is 76.0 Å². The molecule has 0 atom stereocenters. The van der Waals surface area contributed by atoms with Crippen LogP contribution in [0.4, 0.5) is 0 Å². The van der Waals surface area contributed by atoms with Crippen molar-refractivity contribution in [2.45, 2.75) is 12.8 Å². The summed E-state index contributed by atoms with van der Waals surface area (Å²) < 4.78 is 10.2. The molecular weight excluding hydrogens is 236 g/mol. The van der Waals surface area contributed by atoms with Crippen molar-refractivity contribution in [3.8, 4) is 5.75 Å². The average molecular weight is 254 g/mol. The second kappa shape index (κ2) is 8.49. The molecule has 0 saturated carbocycles. The first kappa shape index (κ1) is 14.5. The van der Waals surface area contributed by atoms with Crippen LogP contribution in [0.3, 0.4) is 0 Å². The van der Waals surface area contributed by atoms with Crippen molar-refractivity contribution in [3.05, 3.63) is 29.8 Å². The molecule has 0 aromatic heterocycles. The summed E-state index contributed by atoms with van der Waals surface area (Å²) in [7, 11) is 0. The third kappa shape index (κ3) is 5.16.